The van der Waals surface area contributed by atoms with Gasteiger partial charge in [-0.05, 0) is 18.2 Å². The summed E-state index contributed by atoms with van der Waals surface area (Å²) in [5, 5.41) is 0.577. The van der Waals surface area contributed by atoms with Crippen molar-refractivity contribution < 1.29 is 13.9 Å². The fraction of sp³-hybridized carbons (Fsp3) is 0.0833. The van der Waals surface area contributed by atoms with Gasteiger partial charge >= 0.3 is 5.97 Å². The second-order valence-electron chi connectivity index (χ2n) is 3.29. The molecule has 0 fully saturated rings. The van der Waals surface area contributed by atoms with Crippen LogP contribution in [-0.4, -0.2) is 23.0 Å². The standard InChI is InChI=1S/C12H9FN2O2S/c1-17-12(16)10-6-15-11(7-14-10)18-9-4-2-3-8(13)5-9/h2-7H,1H3. The summed E-state index contributed by atoms with van der Waals surface area (Å²) >= 11 is 1.26. The highest BCUT2D eigenvalue weighted by Crippen LogP contribution is 2.25. The van der Waals surface area contributed by atoms with E-state index in [1.807, 2.05) is 0 Å². The molecule has 0 unspecified atom stereocenters. The molecule has 1 heterocycles. The highest BCUT2D eigenvalue weighted by molar-refractivity contribution is 7.99. The van der Waals surface area contributed by atoms with Crippen LogP contribution in [0.25, 0.3) is 0 Å². The molecule has 6 heteroatoms. The number of hydrogen-bond donors (Lipinski definition) is 0. The molecule has 92 valence electrons. The first-order valence-corrected chi connectivity index (χ1v) is 5.84. The predicted molar refractivity (Wildman–Crippen MR) is 63.9 cm³/mol. The van der Waals surface area contributed by atoms with E-state index in [9.17, 15) is 9.18 Å². The van der Waals surface area contributed by atoms with Crippen LogP contribution in [0.15, 0.2) is 46.6 Å². The molecule has 0 radical (unpaired) electrons. The van der Waals surface area contributed by atoms with E-state index in [-0.39, 0.29) is 11.5 Å². The number of hydrogen-bond acceptors (Lipinski definition) is 5. The Labute approximate surface area is 107 Å². The Bertz CT molecular complexity index is 560. The molecule has 0 saturated heterocycles. The van der Waals surface area contributed by atoms with Crippen molar-refractivity contribution in [3.8, 4) is 0 Å². The Balaban J connectivity index is 2.13. The molecule has 2 rings (SSSR count). The normalized spacial score (nSPS) is 10.1. The van der Waals surface area contributed by atoms with Gasteiger partial charge in [-0.1, -0.05) is 17.8 Å². The van der Waals surface area contributed by atoms with E-state index >= 15 is 0 Å². The molecule has 1 aromatic carbocycles. The molecule has 0 aliphatic rings. The Kier molecular flexibility index (Phi) is 3.88. The molecular formula is C12H9FN2O2S. The number of benzene rings is 1. The molecule has 0 amide bonds. The summed E-state index contributed by atoms with van der Waals surface area (Å²) in [6.07, 6.45) is 2.77. The van der Waals surface area contributed by atoms with Crippen molar-refractivity contribution >= 4 is 17.7 Å². The molecule has 0 spiro atoms. The SMILES string of the molecule is COC(=O)c1cnc(Sc2cccc(F)c2)cn1. The number of carbonyl (C=O) groups excluding carboxylic acids is 1. The number of esters is 1. The Morgan fingerprint density at radius 3 is 2.78 bits per heavy atom. The molecule has 0 N–H and O–H groups in total. The van der Waals surface area contributed by atoms with Gasteiger partial charge in [0.15, 0.2) is 5.69 Å². The maximum atomic E-state index is 13.0. The van der Waals surface area contributed by atoms with E-state index < -0.39 is 5.97 Å². The molecule has 0 aliphatic heterocycles. The van der Waals surface area contributed by atoms with E-state index in [2.05, 4.69) is 14.7 Å². The first-order valence-electron chi connectivity index (χ1n) is 5.03. The zero-order valence-electron chi connectivity index (χ0n) is 9.46. The van der Waals surface area contributed by atoms with Crippen molar-refractivity contribution in [2.75, 3.05) is 7.11 Å². The van der Waals surface area contributed by atoms with Crippen molar-refractivity contribution in [1.82, 2.24) is 9.97 Å². The number of aromatic nitrogens is 2. The molecule has 0 bridgehead atoms. The van der Waals surface area contributed by atoms with Crippen molar-refractivity contribution in [1.29, 1.82) is 0 Å². The molecule has 4 nitrogen and oxygen atoms in total. The topological polar surface area (TPSA) is 52.1 Å². The molecule has 0 atom stereocenters. The van der Waals surface area contributed by atoms with Gasteiger partial charge in [0.2, 0.25) is 0 Å². The van der Waals surface area contributed by atoms with E-state index in [0.29, 0.717) is 5.03 Å². The molecule has 0 saturated carbocycles. The second kappa shape index (κ2) is 5.59. The fourth-order valence-electron chi connectivity index (χ4n) is 1.23. The van der Waals surface area contributed by atoms with Crippen LogP contribution >= 0.6 is 11.8 Å². The zero-order chi connectivity index (χ0) is 13.0. The fourth-order valence-corrected chi connectivity index (χ4v) is 2.00. The summed E-state index contributed by atoms with van der Waals surface area (Å²) in [7, 11) is 1.28. The predicted octanol–water partition coefficient (Wildman–Crippen LogP) is 2.55. The molecule has 2 aromatic rings. The minimum Gasteiger partial charge on any atom is -0.464 e. The quantitative estimate of drug-likeness (QED) is 0.797. The molecule has 1 aromatic heterocycles. The lowest BCUT2D eigenvalue weighted by Gasteiger charge is -2.01. The van der Waals surface area contributed by atoms with E-state index in [4.69, 9.17) is 0 Å². The van der Waals surface area contributed by atoms with Crippen molar-refractivity contribution in [3.63, 3.8) is 0 Å². The number of carbonyl (C=O) groups is 1. The number of nitrogens with zero attached hydrogens (tertiary/aromatic N) is 2. The van der Waals surface area contributed by atoms with Crippen LogP contribution in [0.4, 0.5) is 4.39 Å². The van der Waals surface area contributed by atoms with Crippen molar-refractivity contribution in [2.24, 2.45) is 0 Å². The molecular weight excluding hydrogens is 255 g/mol. The van der Waals surface area contributed by atoms with Gasteiger partial charge in [-0.25, -0.2) is 19.2 Å². The number of rotatable bonds is 3. The average Bonchev–Trinajstić information content (AvgIpc) is 2.39. The minimum atomic E-state index is -0.537. The van der Waals surface area contributed by atoms with Gasteiger partial charge < -0.3 is 4.74 Å². The highest BCUT2D eigenvalue weighted by atomic mass is 32.2. The lowest BCUT2D eigenvalue weighted by Crippen LogP contribution is -2.04. The molecule has 0 aliphatic carbocycles. The third kappa shape index (κ3) is 3.04. The third-order valence-electron chi connectivity index (χ3n) is 2.04. The maximum Gasteiger partial charge on any atom is 0.358 e. The van der Waals surface area contributed by atoms with Crippen LogP contribution in [0, 0.1) is 5.82 Å². The van der Waals surface area contributed by atoms with Crippen LogP contribution < -0.4 is 0 Å². The van der Waals surface area contributed by atoms with Crippen LogP contribution in [0.3, 0.4) is 0 Å². The first-order chi connectivity index (χ1) is 8.69. The number of ether oxygens (including phenoxy) is 1. The van der Waals surface area contributed by atoms with Crippen molar-refractivity contribution in [2.45, 2.75) is 9.92 Å². The first kappa shape index (κ1) is 12.5. The maximum absolute atomic E-state index is 13.0. The summed E-state index contributed by atoms with van der Waals surface area (Å²) in [6, 6.07) is 6.16. The van der Waals surface area contributed by atoms with Gasteiger partial charge in [-0.15, -0.1) is 0 Å². The second-order valence-corrected chi connectivity index (χ2v) is 4.38. The monoisotopic (exact) mass is 264 g/mol. The minimum absolute atomic E-state index is 0.140. The van der Waals surface area contributed by atoms with Crippen LogP contribution in [0.5, 0.6) is 0 Å². The Morgan fingerprint density at radius 2 is 2.17 bits per heavy atom. The zero-order valence-corrected chi connectivity index (χ0v) is 10.3. The van der Waals surface area contributed by atoms with E-state index in [1.165, 1.54) is 43.4 Å². The van der Waals surface area contributed by atoms with Gasteiger partial charge in [0, 0.05) is 4.90 Å². The van der Waals surface area contributed by atoms with Crippen LogP contribution in [0.2, 0.25) is 0 Å². The number of methoxy groups -OCH3 is 1. The summed E-state index contributed by atoms with van der Waals surface area (Å²) in [6.45, 7) is 0. The summed E-state index contributed by atoms with van der Waals surface area (Å²) < 4.78 is 17.5. The smallest absolute Gasteiger partial charge is 0.358 e. The third-order valence-corrected chi connectivity index (χ3v) is 2.95. The average molecular weight is 264 g/mol. The van der Waals surface area contributed by atoms with Gasteiger partial charge in [0.1, 0.15) is 10.8 Å². The van der Waals surface area contributed by atoms with Gasteiger partial charge in [-0.3, -0.25) is 0 Å². The van der Waals surface area contributed by atoms with Gasteiger partial charge in [0.25, 0.3) is 0 Å². The lowest BCUT2D eigenvalue weighted by atomic mass is 10.4. The van der Waals surface area contributed by atoms with Gasteiger partial charge in [0.05, 0.1) is 19.5 Å². The Morgan fingerprint density at radius 1 is 1.33 bits per heavy atom. The highest BCUT2D eigenvalue weighted by Gasteiger charge is 2.08. The summed E-state index contributed by atoms with van der Waals surface area (Å²) in [5.41, 5.74) is 0.140. The van der Waals surface area contributed by atoms with E-state index in [0.717, 1.165) is 4.90 Å². The summed E-state index contributed by atoms with van der Waals surface area (Å²) in [4.78, 5) is 19.8. The molecule has 18 heavy (non-hydrogen) atoms. The van der Waals surface area contributed by atoms with E-state index in [1.54, 1.807) is 12.1 Å². The largest absolute Gasteiger partial charge is 0.464 e. The van der Waals surface area contributed by atoms with Crippen molar-refractivity contribution in [3.05, 3.63) is 48.2 Å². The lowest BCUT2D eigenvalue weighted by molar-refractivity contribution is 0.0593. The Hall–Kier alpha value is -1.95. The van der Waals surface area contributed by atoms with Crippen LogP contribution in [-0.2, 0) is 4.74 Å². The van der Waals surface area contributed by atoms with Gasteiger partial charge in [-0.2, -0.15) is 0 Å². The number of halogens is 1. The van der Waals surface area contributed by atoms with Crippen LogP contribution in [0.1, 0.15) is 10.5 Å². The summed E-state index contributed by atoms with van der Waals surface area (Å²) in [5.74, 6) is -0.844.